The highest BCUT2D eigenvalue weighted by atomic mass is 35.5. The Balaban J connectivity index is 1.97. The molecule has 120 valence electrons. The molecule has 1 aliphatic carbocycles. The number of fused-ring (bicyclic) bond motifs is 7. The highest BCUT2D eigenvalue weighted by molar-refractivity contribution is 6.35. The molecule has 0 atom stereocenters. The Morgan fingerprint density at radius 2 is 1.79 bits per heavy atom. The zero-order chi connectivity index (χ0) is 16.3. The first-order valence-corrected chi connectivity index (χ1v) is 8.92. The van der Waals surface area contributed by atoms with Gasteiger partial charge in [0, 0.05) is 0 Å². The van der Waals surface area contributed by atoms with Gasteiger partial charge in [-0.3, -0.25) is 9.36 Å². The summed E-state index contributed by atoms with van der Waals surface area (Å²) in [4.78, 5) is 17.3. The molecular formula is C20H17ClN2O. The van der Waals surface area contributed by atoms with E-state index in [2.05, 4.69) is 33.8 Å². The molecule has 1 aromatic heterocycles. The number of aromatic nitrogens is 2. The van der Waals surface area contributed by atoms with E-state index in [0.717, 1.165) is 29.9 Å². The summed E-state index contributed by atoms with van der Waals surface area (Å²) in [7, 11) is 0. The normalized spacial score (nSPS) is 17.9. The van der Waals surface area contributed by atoms with Gasteiger partial charge in [-0.15, -0.1) is 0 Å². The van der Waals surface area contributed by atoms with Crippen LogP contribution in [0.25, 0.3) is 16.6 Å². The highest BCUT2D eigenvalue weighted by Crippen LogP contribution is 2.51. The molecule has 3 aromatic rings. The fraction of sp³-hybridized carbons (Fsp3) is 0.300. The van der Waals surface area contributed by atoms with Crippen molar-refractivity contribution in [3.05, 3.63) is 69.2 Å². The van der Waals surface area contributed by atoms with Crippen LogP contribution in [0.4, 0.5) is 0 Å². The Bertz CT molecular complexity index is 1030. The SMILES string of the molecule is O=c1nc2n(c3cccc(Cl)c13)-c1ccccc1C21CCCCC1. The minimum absolute atomic E-state index is 0.121. The summed E-state index contributed by atoms with van der Waals surface area (Å²) >= 11 is 6.32. The van der Waals surface area contributed by atoms with E-state index < -0.39 is 0 Å². The zero-order valence-corrected chi connectivity index (χ0v) is 14.0. The maximum Gasteiger partial charge on any atom is 0.282 e. The number of hydrogen-bond donors (Lipinski definition) is 0. The smallest absolute Gasteiger partial charge is 0.282 e. The van der Waals surface area contributed by atoms with Crippen molar-refractivity contribution in [3.8, 4) is 5.69 Å². The lowest BCUT2D eigenvalue weighted by molar-refractivity contribution is 0.339. The van der Waals surface area contributed by atoms with Crippen LogP contribution in [0, 0.1) is 0 Å². The fourth-order valence-electron chi connectivity index (χ4n) is 4.63. The molecule has 2 aromatic carbocycles. The number of para-hydroxylation sites is 1. The Morgan fingerprint density at radius 3 is 2.62 bits per heavy atom. The van der Waals surface area contributed by atoms with E-state index >= 15 is 0 Å². The van der Waals surface area contributed by atoms with Gasteiger partial charge in [0.05, 0.1) is 27.0 Å². The summed E-state index contributed by atoms with van der Waals surface area (Å²) in [5.74, 6) is 0.906. The average molecular weight is 337 g/mol. The maximum absolute atomic E-state index is 12.7. The Morgan fingerprint density at radius 1 is 1.00 bits per heavy atom. The van der Waals surface area contributed by atoms with Crippen molar-refractivity contribution in [2.75, 3.05) is 0 Å². The molecule has 1 spiro atoms. The van der Waals surface area contributed by atoms with Crippen LogP contribution in [-0.4, -0.2) is 9.55 Å². The second kappa shape index (κ2) is 4.93. The molecule has 0 unspecified atom stereocenters. The molecule has 1 saturated carbocycles. The molecule has 0 saturated heterocycles. The summed E-state index contributed by atoms with van der Waals surface area (Å²) < 4.78 is 2.17. The van der Waals surface area contributed by atoms with Gasteiger partial charge < -0.3 is 0 Å². The van der Waals surface area contributed by atoms with Crippen LogP contribution in [-0.2, 0) is 5.41 Å². The first kappa shape index (κ1) is 14.2. The highest BCUT2D eigenvalue weighted by Gasteiger charge is 2.46. The van der Waals surface area contributed by atoms with Gasteiger partial charge in [-0.25, -0.2) is 0 Å². The fourth-order valence-corrected chi connectivity index (χ4v) is 4.88. The molecule has 0 amide bonds. The molecule has 1 fully saturated rings. The summed E-state index contributed by atoms with van der Waals surface area (Å²) in [6.45, 7) is 0. The third-order valence-electron chi connectivity index (χ3n) is 5.66. The third-order valence-corrected chi connectivity index (χ3v) is 5.98. The first-order chi connectivity index (χ1) is 11.7. The minimum Gasteiger partial charge on any atom is -0.296 e. The predicted molar refractivity (Wildman–Crippen MR) is 96.2 cm³/mol. The molecule has 5 rings (SSSR count). The lowest BCUT2D eigenvalue weighted by Gasteiger charge is -2.33. The third kappa shape index (κ3) is 1.68. The molecule has 2 aliphatic rings. The molecule has 3 nitrogen and oxygen atoms in total. The monoisotopic (exact) mass is 336 g/mol. The number of benzene rings is 2. The number of hydrogen-bond acceptors (Lipinski definition) is 2. The van der Waals surface area contributed by atoms with Crippen LogP contribution in [0.15, 0.2) is 47.3 Å². The topological polar surface area (TPSA) is 34.9 Å². The maximum atomic E-state index is 12.7. The van der Waals surface area contributed by atoms with Crippen molar-refractivity contribution < 1.29 is 0 Å². The van der Waals surface area contributed by atoms with Crippen molar-refractivity contribution in [2.45, 2.75) is 37.5 Å². The van der Waals surface area contributed by atoms with Crippen LogP contribution < -0.4 is 5.56 Å². The van der Waals surface area contributed by atoms with Gasteiger partial charge in [-0.05, 0) is 36.6 Å². The average Bonchev–Trinajstić information content (AvgIpc) is 2.86. The molecule has 2 heterocycles. The van der Waals surface area contributed by atoms with Crippen molar-refractivity contribution in [1.82, 2.24) is 9.55 Å². The van der Waals surface area contributed by atoms with Crippen molar-refractivity contribution in [1.29, 1.82) is 0 Å². The lowest BCUT2D eigenvalue weighted by Crippen LogP contribution is -2.32. The quantitative estimate of drug-likeness (QED) is 0.601. The molecule has 0 bridgehead atoms. The summed E-state index contributed by atoms with van der Waals surface area (Å²) in [6.07, 6.45) is 5.73. The number of rotatable bonds is 0. The zero-order valence-electron chi connectivity index (χ0n) is 13.3. The second-order valence-electron chi connectivity index (χ2n) is 6.87. The van der Waals surface area contributed by atoms with Crippen LogP contribution in [0.3, 0.4) is 0 Å². The minimum atomic E-state index is -0.209. The van der Waals surface area contributed by atoms with E-state index in [1.165, 1.54) is 24.8 Å². The predicted octanol–water partition coefficient (Wildman–Crippen LogP) is 4.60. The van der Waals surface area contributed by atoms with Crippen molar-refractivity contribution in [2.24, 2.45) is 0 Å². The van der Waals surface area contributed by atoms with Gasteiger partial charge in [0.1, 0.15) is 5.82 Å². The molecule has 1 aliphatic heterocycles. The molecule has 0 N–H and O–H groups in total. The first-order valence-electron chi connectivity index (χ1n) is 8.54. The Kier molecular flexibility index (Phi) is 2.93. The molecule has 0 radical (unpaired) electrons. The summed E-state index contributed by atoms with van der Waals surface area (Å²) in [5.41, 5.74) is 3.00. The number of halogens is 1. The van der Waals surface area contributed by atoms with Crippen LogP contribution in [0.2, 0.25) is 5.02 Å². The van der Waals surface area contributed by atoms with Gasteiger partial charge in [0.2, 0.25) is 0 Å². The van der Waals surface area contributed by atoms with E-state index in [4.69, 9.17) is 11.6 Å². The Hall–Kier alpha value is -2.13. The molecular weight excluding hydrogens is 320 g/mol. The molecule has 4 heteroatoms. The lowest BCUT2D eigenvalue weighted by atomic mass is 9.70. The van der Waals surface area contributed by atoms with E-state index in [-0.39, 0.29) is 11.0 Å². The van der Waals surface area contributed by atoms with Crippen LogP contribution in [0.5, 0.6) is 0 Å². The van der Waals surface area contributed by atoms with Gasteiger partial charge >= 0.3 is 0 Å². The van der Waals surface area contributed by atoms with Crippen molar-refractivity contribution in [3.63, 3.8) is 0 Å². The van der Waals surface area contributed by atoms with E-state index in [1.54, 1.807) is 6.07 Å². The summed E-state index contributed by atoms with van der Waals surface area (Å²) in [6, 6.07) is 14.1. The van der Waals surface area contributed by atoms with Gasteiger partial charge in [-0.1, -0.05) is 55.1 Å². The van der Waals surface area contributed by atoms with E-state index in [1.807, 2.05) is 12.1 Å². The van der Waals surface area contributed by atoms with Gasteiger partial charge in [0.25, 0.3) is 5.56 Å². The standard InChI is InChI=1S/C20H17ClN2O/c21-14-8-6-10-16-17(14)18(24)22-19-20(11-4-1-5-12-20)13-7-2-3-9-15(13)23(16)19/h2-3,6-10H,1,4-5,11-12H2. The van der Waals surface area contributed by atoms with Crippen LogP contribution in [0.1, 0.15) is 43.5 Å². The Labute approximate surface area is 144 Å². The largest absolute Gasteiger partial charge is 0.296 e. The van der Waals surface area contributed by atoms with E-state index in [9.17, 15) is 4.79 Å². The summed E-state index contributed by atoms with van der Waals surface area (Å²) in [5, 5.41) is 0.993. The molecule has 24 heavy (non-hydrogen) atoms. The second-order valence-corrected chi connectivity index (χ2v) is 7.28. The van der Waals surface area contributed by atoms with Crippen LogP contribution >= 0.6 is 11.6 Å². The van der Waals surface area contributed by atoms with Crippen molar-refractivity contribution >= 4 is 22.5 Å². The van der Waals surface area contributed by atoms with E-state index in [0.29, 0.717) is 10.4 Å². The number of nitrogens with zero attached hydrogens (tertiary/aromatic N) is 2. The van der Waals surface area contributed by atoms with Gasteiger partial charge in [-0.2, -0.15) is 4.98 Å². The van der Waals surface area contributed by atoms with Gasteiger partial charge in [0.15, 0.2) is 0 Å².